The molecule has 1 fully saturated rings. The number of thiophene rings is 1. The summed E-state index contributed by atoms with van der Waals surface area (Å²) in [5.41, 5.74) is 1.19. The minimum absolute atomic E-state index is 0.0924. The Bertz CT molecular complexity index is 548. The molecule has 0 spiro atoms. The molecule has 1 aliphatic heterocycles. The number of nitrogens with one attached hydrogen (secondary N) is 1. The molecule has 1 saturated heterocycles. The third-order valence-corrected chi connectivity index (χ3v) is 7.00. The summed E-state index contributed by atoms with van der Waals surface area (Å²) >= 11 is 1.65. The van der Waals surface area contributed by atoms with Crippen LogP contribution in [0.2, 0.25) is 0 Å². The largest absolute Gasteiger partial charge is 0.296 e. The molecule has 2 rings (SSSR count). The minimum atomic E-state index is -3.38. The highest BCUT2D eigenvalue weighted by molar-refractivity contribution is 7.87. The third kappa shape index (κ3) is 5.00. The minimum Gasteiger partial charge on any atom is -0.296 e. The maximum absolute atomic E-state index is 12.6. The predicted molar refractivity (Wildman–Crippen MR) is 96.9 cm³/mol. The summed E-state index contributed by atoms with van der Waals surface area (Å²) in [4.78, 5) is 2.29. The molecule has 0 bridgehead atoms. The van der Waals surface area contributed by atoms with Crippen molar-refractivity contribution in [2.75, 3.05) is 32.7 Å². The van der Waals surface area contributed by atoms with Gasteiger partial charge in [-0.2, -0.15) is 24.1 Å². The van der Waals surface area contributed by atoms with E-state index in [1.807, 2.05) is 5.38 Å². The lowest BCUT2D eigenvalue weighted by atomic mass is 10.0. The van der Waals surface area contributed by atoms with E-state index in [4.69, 9.17) is 0 Å². The van der Waals surface area contributed by atoms with Gasteiger partial charge in [-0.1, -0.05) is 20.8 Å². The van der Waals surface area contributed by atoms with Crippen LogP contribution in [-0.4, -0.2) is 50.3 Å². The zero-order valence-corrected chi connectivity index (χ0v) is 16.0. The van der Waals surface area contributed by atoms with E-state index in [2.05, 4.69) is 41.8 Å². The standard InChI is InChI=1S/C16H29N3O2S2/c1-4-18(5-2)16(15-8-11-22-13-15)12-17-23(20,21)19-9-6-14(3)7-10-19/h8,11,13-14,16-17H,4-7,9-10,12H2,1-3H3. The van der Waals surface area contributed by atoms with Crippen LogP contribution in [0.1, 0.15) is 45.2 Å². The van der Waals surface area contributed by atoms with E-state index >= 15 is 0 Å². The van der Waals surface area contributed by atoms with Crippen molar-refractivity contribution in [1.29, 1.82) is 0 Å². The molecular formula is C16H29N3O2S2. The van der Waals surface area contributed by atoms with Crippen molar-refractivity contribution in [2.45, 2.75) is 39.7 Å². The van der Waals surface area contributed by atoms with Gasteiger partial charge in [-0.15, -0.1) is 0 Å². The molecule has 1 unspecified atom stereocenters. The Labute approximate surface area is 144 Å². The molecule has 0 aliphatic carbocycles. The maximum atomic E-state index is 12.6. The number of likely N-dealkylation sites (N-methyl/N-ethyl adjacent to an activating group) is 1. The summed E-state index contributed by atoms with van der Waals surface area (Å²) in [7, 11) is -3.38. The molecule has 5 nitrogen and oxygen atoms in total. The van der Waals surface area contributed by atoms with E-state index < -0.39 is 10.2 Å². The highest BCUT2D eigenvalue weighted by atomic mass is 32.2. The van der Waals surface area contributed by atoms with Crippen LogP contribution < -0.4 is 4.72 Å². The molecule has 132 valence electrons. The fourth-order valence-electron chi connectivity index (χ4n) is 3.09. The molecule has 1 aromatic heterocycles. The highest BCUT2D eigenvalue weighted by Gasteiger charge is 2.28. The molecule has 0 saturated carbocycles. The Hall–Kier alpha value is -0.470. The molecule has 23 heavy (non-hydrogen) atoms. The van der Waals surface area contributed by atoms with E-state index in [0.29, 0.717) is 25.6 Å². The smallest absolute Gasteiger partial charge is 0.279 e. The number of rotatable bonds is 8. The van der Waals surface area contributed by atoms with Gasteiger partial charge in [0.2, 0.25) is 0 Å². The number of hydrogen-bond acceptors (Lipinski definition) is 4. The van der Waals surface area contributed by atoms with Gasteiger partial charge in [0.1, 0.15) is 0 Å². The van der Waals surface area contributed by atoms with Crippen molar-refractivity contribution in [2.24, 2.45) is 5.92 Å². The van der Waals surface area contributed by atoms with Gasteiger partial charge in [-0.05, 0) is 54.2 Å². The summed E-state index contributed by atoms with van der Waals surface area (Å²) in [6, 6.07) is 2.18. The van der Waals surface area contributed by atoms with Crippen molar-refractivity contribution in [3.63, 3.8) is 0 Å². The molecule has 1 atom stereocenters. The first-order valence-electron chi connectivity index (χ1n) is 8.48. The molecule has 1 aromatic rings. The number of nitrogens with zero attached hydrogens (tertiary/aromatic N) is 2. The van der Waals surface area contributed by atoms with Crippen LogP contribution in [0.4, 0.5) is 0 Å². The quantitative estimate of drug-likeness (QED) is 0.776. The fraction of sp³-hybridized carbons (Fsp3) is 0.750. The van der Waals surface area contributed by atoms with Crippen LogP contribution in [0, 0.1) is 5.92 Å². The van der Waals surface area contributed by atoms with Gasteiger partial charge in [-0.3, -0.25) is 4.90 Å². The zero-order chi connectivity index (χ0) is 16.9. The monoisotopic (exact) mass is 359 g/mol. The van der Waals surface area contributed by atoms with Crippen molar-refractivity contribution in [3.05, 3.63) is 22.4 Å². The van der Waals surface area contributed by atoms with E-state index in [-0.39, 0.29) is 6.04 Å². The van der Waals surface area contributed by atoms with E-state index in [0.717, 1.165) is 25.9 Å². The van der Waals surface area contributed by atoms with Crippen molar-refractivity contribution in [3.8, 4) is 0 Å². The second-order valence-electron chi connectivity index (χ2n) is 6.23. The average Bonchev–Trinajstić information content (AvgIpc) is 3.06. The molecular weight excluding hydrogens is 330 g/mol. The number of hydrogen-bond donors (Lipinski definition) is 1. The topological polar surface area (TPSA) is 52.7 Å². The van der Waals surface area contributed by atoms with Crippen LogP contribution in [0.5, 0.6) is 0 Å². The first-order valence-corrected chi connectivity index (χ1v) is 10.9. The molecule has 2 heterocycles. The van der Waals surface area contributed by atoms with Gasteiger partial charge < -0.3 is 0 Å². The fourth-order valence-corrected chi connectivity index (χ4v) is 5.04. The van der Waals surface area contributed by atoms with Crippen LogP contribution >= 0.6 is 11.3 Å². The van der Waals surface area contributed by atoms with E-state index in [1.165, 1.54) is 5.56 Å². The summed E-state index contributed by atoms with van der Waals surface area (Å²) < 4.78 is 29.6. The lowest BCUT2D eigenvalue weighted by molar-refractivity contribution is 0.218. The molecule has 7 heteroatoms. The first-order chi connectivity index (χ1) is 11.0. The van der Waals surface area contributed by atoms with Gasteiger partial charge in [0, 0.05) is 25.7 Å². The normalized spacial score (nSPS) is 19.3. The van der Waals surface area contributed by atoms with Crippen LogP contribution in [0.3, 0.4) is 0 Å². The van der Waals surface area contributed by atoms with E-state index in [9.17, 15) is 8.42 Å². The molecule has 0 radical (unpaired) electrons. The van der Waals surface area contributed by atoms with Gasteiger partial charge >= 0.3 is 0 Å². The Morgan fingerprint density at radius 3 is 2.52 bits per heavy atom. The highest BCUT2D eigenvalue weighted by Crippen LogP contribution is 2.23. The number of piperidine rings is 1. The Kier molecular flexibility index (Phi) is 7.03. The van der Waals surface area contributed by atoms with Crippen molar-refractivity contribution >= 4 is 21.5 Å². The van der Waals surface area contributed by atoms with Crippen molar-refractivity contribution < 1.29 is 8.42 Å². The summed E-state index contributed by atoms with van der Waals surface area (Å²) in [5, 5.41) is 4.16. The lowest BCUT2D eigenvalue weighted by Gasteiger charge is -2.32. The van der Waals surface area contributed by atoms with Crippen LogP contribution in [-0.2, 0) is 10.2 Å². The summed E-state index contributed by atoms with van der Waals surface area (Å²) in [6.07, 6.45) is 1.90. The third-order valence-electron chi connectivity index (χ3n) is 4.72. The second kappa shape index (κ2) is 8.58. The second-order valence-corrected chi connectivity index (χ2v) is 8.76. The maximum Gasteiger partial charge on any atom is 0.279 e. The summed E-state index contributed by atoms with van der Waals surface area (Å²) in [6.45, 7) is 9.90. The Balaban J connectivity index is 2.02. The average molecular weight is 360 g/mol. The lowest BCUT2D eigenvalue weighted by Crippen LogP contribution is -2.47. The summed E-state index contributed by atoms with van der Waals surface area (Å²) in [5.74, 6) is 0.621. The van der Waals surface area contributed by atoms with Gasteiger partial charge in [-0.25, -0.2) is 4.72 Å². The van der Waals surface area contributed by atoms with Crippen LogP contribution in [0.25, 0.3) is 0 Å². The molecule has 0 aromatic carbocycles. The SMILES string of the molecule is CCN(CC)C(CNS(=O)(=O)N1CCC(C)CC1)c1ccsc1. The Morgan fingerprint density at radius 1 is 1.35 bits per heavy atom. The molecule has 1 aliphatic rings. The van der Waals surface area contributed by atoms with Crippen LogP contribution in [0.15, 0.2) is 16.8 Å². The predicted octanol–water partition coefficient (Wildman–Crippen LogP) is 2.70. The molecule has 1 N–H and O–H groups in total. The first kappa shape index (κ1) is 18.9. The zero-order valence-electron chi connectivity index (χ0n) is 14.4. The Morgan fingerprint density at radius 2 is 2.00 bits per heavy atom. The van der Waals surface area contributed by atoms with E-state index in [1.54, 1.807) is 15.6 Å². The van der Waals surface area contributed by atoms with Gasteiger partial charge in [0.05, 0.1) is 0 Å². The van der Waals surface area contributed by atoms with Crippen molar-refractivity contribution in [1.82, 2.24) is 13.9 Å². The molecule has 0 amide bonds. The van der Waals surface area contributed by atoms with Gasteiger partial charge in [0.15, 0.2) is 0 Å². The van der Waals surface area contributed by atoms with Gasteiger partial charge in [0.25, 0.3) is 10.2 Å².